The van der Waals surface area contributed by atoms with Gasteiger partial charge in [0.2, 0.25) is 0 Å². The maximum absolute atomic E-state index is 12.3. The average Bonchev–Trinajstić information content (AvgIpc) is 3.26. The maximum Gasteiger partial charge on any atom is 0.293 e. The van der Waals surface area contributed by atoms with Crippen molar-refractivity contribution in [1.82, 2.24) is 10.9 Å². The monoisotopic (exact) mass is 399 g/mol. The molecule has 0 atom stereocenters. The summed E-state index contributed by atoms with van der Waals surface area (Å²) in [5.41, 5.74) is 4.27. The first kappa shape index (κ1) is 19.7. The normalized spacial score (nSPS) is 13.0. The molecule has 3 rings (SSSR count). The Balaban J connectivity index is 1.71. The minimum Gasteiger partial charge on any atom is -0.366 e. The molecule has 0 aliphatic carbocycles. The molecule has 11 heteroatoms. The molecule has 2 amide bonds. The molecule has 0 bridgehead atoms. The Morgan fingerprint density at radius 2 is 1.48 bits per heavy atom. The van der Waals surface area contributed by atoms with E-state index in [1.54, 1.807) is 0 Å². The van der Waals surface area contributed by atoms with Crippen molar-refractivity contribution >= 4 is 28.9 Å². The third-order valence-electron chi connectivity index (χ3n) is 4.49. The Morgan fingerprint density at radius 3 is 2.07 bits per heavy atom. The summed E-state index contributed by atoms with van der Waals surface area (Å²) >= 11 is 0. The molecular formula is C18H17N5O6. The van der Waals surface area contributed by atoms with Gasteiger partial charge in [-0.15, -0.1) is 0 Å². The van der Waals surface area contributed by atoms with Gasteiger partial charge >= 0.3 is 0 Å². The van der Waals surface area contributed by atoms with Gasteiger partial charge in [0.25, 0.3) is 23.2 Å². The molecule has 2 aromatic rings. The molecule has 1 heterocycles. The lowest BCUT2D eigenvalue weighted by Crippen LogP contribution is -2.41. The molecule has 1 aliphatic rings. The van der Waals surface area contributed by atoms with Crippen LogP contribution in [0.1, 0.15) is 33.6 Å². The van der Waals surface area contributed by atoms with E-state index in [9.17, 15) is 29.8 Å². The van der Waals surface area contributed by atoms with Gasteiger partial charge < -0.3 is 4.90 Å². The molecule has 2 N–H and O–H groups in total. The maximum atomic E-state index is 12.3. The molecule has 1 saturated heterocycles. The average molecular weight is 399 g/mol. The van der Waals surface area contributed by atoms with Crippen LogP contribution in [-0.4, -0.2) is 34.8 Å². The highest BCUT2D eigenvalue weighted by molar-refractivity contribution is 6.00. The Hall–Kier alpha value is -4.02. The highest BCUT2D eigenvalue weighted by atomic mass is 16.6. The van der Waals surface area contributed by atoms with Crippen LogP contribution in [0.3, 0.4) is 0 Å². The van der Waals surface area contributed by atoms with Crippen LogP contribution in [-0.2, 0) is 0 Å². The van der Waals surface area contributed by atoms with E-state index in [-0.39, 0.29) is 22.5 Å². The van der Waals surface area contributed by atoms with Crippen LogP contribution in [0.5, 0.6) is 0 Å². The molecule has 0 saturated carbocycles. The van der Waals surface area contributed by atoms with E-state index in [0.717, 1.165) is 25.0 Å². The van der Waals surface area contributed by atoms with E-state index in [1.807, 2.05) is 4.90 Å². The minimum absolute atomic E-state index is 0.000936. The summed E-state index contributed by atoms with van der Waals surface area (Å²) in [7, 11) is 0. The van der Waals surface area contributed by atoms with Gasteiger partial charge in [0.1, 0.15) is 5.69 Å². The topological polar surface area (TPSA) is 148 Å². The van der Waals surface area contributed by atoms with Crippen molar-refractivity contribution in [2.45, 2.75) is 12.8 Å². The van der Waals surface area contributed by atoms with E-state index >= 15 is 0 Å². The van der Waals surface area contributed by atoms with Gasteiger partial charge in [0, 0.05) is 42.4 Å². The number of nitrogens with zero attached hydrogens (tertiary/aromatic N) is 3. The Labute approximate surface area is 164 Å². The first-order chi connectivity index (χ1) is 13.9. The Morgan fingerprint density at radius 1 is 0.862 bits per heavy atom. The second kappa shape index (κ2) is 8.33. The second-order valence-electron chi connectivity index (χ2n) is 6.37. The van der Waals surface area contributed by atoms with Gasteiger partial charge in [-0.1, -0.05) is 6.07 Å². The summed E-state index contributed by atoms with van der Waals surface area (Å²) < 4.78 is 0. The quantitative estimate of drug-likeness (QED) is 0.578. The molecule has 1 fully saturated rings. The number of nitrogens with one attached hydrogen (secondary N) is 2. The number of benzene rings is 2. The van der Waals surface area contributed by atoms with Gasteiger partial charge in [-0.05, 0) is 31.0 Å². The largest absolute Gasteiger partial charge is 0.366 e. The summed E-state index contributed by atoms with van der Waals surface area (Å²) in [5, 5.41) is 22.2. The van der Waals surface area contributed by atoms with Crippen LogP contribution < -0.4 is 15.8 Å². The third kappa shape index (κ3) is 4.46. The molecule has 1 aliphatic heterocycles. The van der Waals surface area contributed by atoms with Gasteiger partial charge in [0.15, 0.2) is 0 Å². The number of carbonyl (C=O) groups excluding carboxylic acids is 2. The van der Waals surface area contributed by atoms with E-state index in [4.69, 9.17) is 0 Å². The number of hydrazine groups is 1. The van der Waals surface area contributed by atoms with Crippen molar-refractivity contribution in [3.05, 3.63) is 73.8 Å². The standard InChI is InChI=1S/C18H17N5O6/c24-17(12-4-3-5-14(10-12)22(26)27)19-20-18(25)13-6-7-15(16(11-13)23(28)29)21-8-1-2-9-21/h3-7,10-11H,1-2,8-9H2,(H,19,24)(H,20,25). The summed E-state index contributed by atoms with van der Waals surface area (Å²) in [6.45, 7) is 1.43. The van der Waals surface area contributed by atoms with Crippen molar-refractivity contribution in [1.29, 1.82) is 0 Å². The number of nitro benzene ring substituents is 2. The zero-order valence-corrected chi connectivity index (χ0v) is 15.2. The van der Waals surface area contributed by atoms with Crippen LogP contribution in [0.4, 0.5) is 17.1 Å². The SMILES string of the molecule is O=C(NNC(=O)c1ccc(N2CCCC2)c([N+](=O)[O-])c1)c1cccc([N+](=O)[O-])c1. The highest BCUT2D eigenvalue weighted by Crippen LogP contribution is 2.31. The molecule has 0 unspecified atom stereocenters. The summed E-state index contributed by atoms with van der Waals surface area (Å²) in [4.78, 5) is 47.3. The Kier molecular flexibility index (Phi) is 5.67. The number of anilines is 1. The van der Waals surface area contributed by atoms with E-state index < -0.39 is 21.7 Å². The number of rotatable bonds is 5. The predicted octanol–water partition coefficient (Wildman–Crippen LogP) is 2.18. The number of amides is 2. The first-order valence-electron chi connectivity index (χ1n) is 8.75. The van der Waals surface area contributed by atoms with Crippen LogP contribution in [0.15, 0.2) is 42.5 Å². The van der Waals surface area contributed by atoms with E-state index in [1.165, 1.54) is 30.3 Å². The van der Waals surface area contributed by atoms with Crippen molar-refractivity contribution in [3.63, 3.8) is 0 Å². The molecular weight excluding hydrogens is 382 g/mol. The highest BCUT2D eigenvalue weighted by Gasteiger charge is 2.24. The number of hydrogen-bond donors (Lipinski definition) is 2. The van der Waals surface area contributed by atoms with Crippen LogP contribution in [0, 0.1) is 20.2 Å². The molecule has 11 nitrogen and oxygen atoms in total. The van der Waals surface area contributed by atoms with Crippen LogP contribution >= 0.6 is 0 Å². The van der Waals surface area contributed by atoms with Crippen LogP contribution in [0.25, 0.3) is 0 Å². The first-order valence-corrected chi connectivity index (χ1v) is 8.75. The second-order valence-corrected chi connectivity index (χ2v) is 6.37. The number of nitro groups is 2. The van der Waals surface area contributed by atoms with E-state index in [0.29, 0.717) is 18.8 Å². The van der Waals surface area contributed by atoms with Crippen molar-refractivity contribution in [3.8, 4) is 0 Å². The smallest absolute Gasteiger partial charge is 0.293 e. The molecule has 0 radical (unpaired) electrons. The fourth-order valence-electron chi connectivity index (χ4n) is 3.05. The van der Waals surface area contributed by atoms with Crippen molar-refractivity contribution in [2.75, 3.05) is 18.0 Å². The van der Waals surface area contributed by atoms with Crippen LogP contribution in [0.2, 0.25) is 0 Å². The predicted molar refractivity (Wildman–Crippen MR) is 103 cm³/mol. The molecule has 0 spiro atoms. The zero-order chi connectivity index (χ0) is 21.0. The summed E-state index contributed by atoms with van der Waals surface area (Å²) in [6, 6.07) is 9.10. The van der Waals surface area contributed by atoms with Crippen molar-refractivity contribution < 1.29 is 19.4 Å². The summed E-state index contributed by atoms with van der Waals surface area (Å²) in [5.74, 6) is -1.51. The fraction of sp³-hybridized carbons (Fsp3) is 0.222. The number of hydrogen-bond acceptors (Lipinski definition) is 7. The molecule has 29 heavy (non-hydrogen) atoms. The lowest BCUT2D eigenvalue weighted by molar-refractivity contribution is -0.384. The van der Waals surface area contributed by atoms with Crippen molar-refractivity contribution in [2.24, 2.45) is 0 Å². The van der Waals surface area contributed by atoms with Gasteiger partial charge in [-0.3, -0.25) is 40.7 Å². The van der Waals surface area contributed by atoms with Gasteiger partial charge in [-0.25, -0.2) is 0 Å². The number of non-ortho nitro benzene ring substituents is 1. The van der Waals surface area contributed by atoms with Gasteiger partial charge in [0.05, 0.1) is 9.85 Å². The number of carbonyl (C=O) groups is 2. The fourth-order valence-corrected chi connectivity index (χ4v) is 3.05. The third-order valence-corrected chi connectivity index (χ3v) is 4.49. The lowest BCUT2D eigenvalue weighted by Gasteiger charge is -2.17. The van der Waals surface area contributed by atoms with E-state index in [2.05, 4.69) is 10.9 Å². The van der Waals surface area contributed by atoms with Gasteiger partial charge in [-0.2, -0.15) is 0 Å². The lowest BCUT2D eigenvalue weighted by atomic mass is 10.1. The molecule has 150 valence electrons. The minimum atomic E-state index is -0.759. The zero-order valence-electron chi connectivity index (χ0n) is 15.2. The molecule has 0 aromatic heterocycles. The Bertz CT molecular complexity index is 986. The summed E-state index contributed by atoms with van der Waals surface area (Å²) in [6.07, 6.45) is 1.89. The molecule has 2 aromatic carbocycles.